The van der Waals surface area contributed by atoms with Crippen LogP contribution in [0.3, 0.4) is 0 Å². The summed E-state index contributed by atoms with van der Waals surface area (Å²) in [7, 11) is -1.64. The summed E-state index contributed by atoms with van der Waals surface area (Å²) in [6.07, 6.45) is 0. The number of furan rings is 1. The van der Waals surface area contributed by atoms with Crippen molar-refractivity contribution in [2.24, 2.45) is 0 Å². The van der Waals surface area contributed by atoms with E-state index in [2.05, 4.69) is 0 Å². The highest BCUT2D eigenvalue weighted by atomic mass is 19.1. The third-order valence-electron chi connectivity index (χ3n) is 2.78. The highest BCUT2D eigenvalue weighted by Gasteiger charge is 2.19. The first-order valence-electron chi connectivity index (χ1n) is 5.14. The molecule has 0 saturated heterocycles. The van der Waals surface area contributed by atoms with Crippen molar-refractivity contribution >= 4 is 34.5 Å². The van der Waals surface area contributed by atoms with Crippen LogP contribution >= 0.6 is 0 Å². The van der Waals surface area contributed by atoms with Gasteiger partial charge in [0.05, 0.1) is 0 Å². The molecule has 3 aromatic rings. The van der Waals surface area contributed by atoms with Crippen LogP contribution in [-0.2, 0) is 0 Å². The van der Waals surface area contributed by atoms with Crippen LogP contribution in [0.25, 0.3) is 21.9 Å². The van der Waals surface area contributed by atoms with Gasteiger partial charge in [0, 0.05) is 16.2 Å². The second kappa shape index (κ2) is 3.58. The fraction of sp³-hybridized carbons (Fsp3) is 0. The number of rotatable bonds is 1. The van der Waals surface area contributed by atoms with Crippen molar-refractivity contribution in [1.82, 2.24) is 0 Å². The minimum absolute atomic E-state index is 0.135. The molecular weight excluding hydrogens is 222 g/mol. The molecule has 0 saturated carbocycles. The molecule has 0 unspecified atom stereocenters. The number of halogens is 1. The first-order chi connectivity index (χ1) is 8.18. The van der Waals surface area contributed by atoms with E-state index in [1.54, 1.807) is 24.3 Å². The lowest BCUT2D eigenvalue weighted by molar-refractivity contribution is 0.425. The lowest BCUT2D eigenvalue weighted by Crippen LogP contribution is -2.29. The summed E-state index contributed by atoms with van der Waals surface area (Å²) in [6.45, 7) is 0. The SMILES string of the molecule is OB(O)c1cccc2c1oc1c(F)cccc12. The summed E-state index contributed by atoms with van der Waals surface area (Å²) in [6, 6.07) is 9.60. The van der Waals surface area contributed by atoms with Crippen molar-refractivity contribution in [3.63, 3.8) is 0 Å². The largest absolute Gasteiger partial charge is 0.492 e. The molecule has 0 atom stereocenters. The van der Waals surface area contributed by atoms with Crippen molar-refractivity contribution < 1.29 is 18.9 Å². The zero-order valence-electron chi connectivity index (χ0n) is 8.72. The van der Waals surface area contributed by atoms with E-state index >= 15 is 0 Å². The van der Waals surface area contributed by atoms with Gasteiger partial charge in [0.2, 0.25) is 0 Å². The smallest absolute Gasteiger partial charge is 0.453 e. The second-order valence-corrected chi connectivity index (χ2v) is 3.82. The maximum atomic E-state index is 13.5. The van der Waals surface area contributed by atoms with E-state index in [-0.39, 0.29) is 11.0 Å². The minimum atomic E-state index is -1.64. The van der Waals surface area contributed by atoms with E-state index in [0.717, 1.165) is 0 Å². The summed E-state index contributed by atoms with van der Waals surface area (Å²) in [4.78, 5) is 0. The van der Waals surface area contributed by atoms with E-state index in [1.165, 1.54) is 12.1 Å². The van der Waals surface area contributed by atoms with Crippen molar-refractivity contribution in [3.05, 3.63) is 42.2 Å². The first-order valence-corrected chi connectivity index (χ1v) is 5.14. The number of hydrogen-bond acceptors (Lipinski definition) is 3. The van der Waals surface area contributed by atoms with Crippen molar-refractivity contribution in [1.29, 1.82) is 0 Å². The average Bonchev–Trinajstić information content (AvgIpc) is 2.69. The topological polar surface area (TPSA) is 53.6 Å². The first kappa shape index (κ1) is 10.3. The third-order valence-corrected chi connectivity index (χ3v) is 2.78. The fourth-order valence-electron chi connectivity index (χ4n) is 2.01. The Balaban J connectivity index is 2.51. The van der Waals surface area contributed by atoms with Crippen LogP contribution < -0.4 is 5.46 Å². The summed E-state index contributed by atoms with van der Waals surface area (Å²) < 4.78 is 18.9. The third kappa shape index (κ3) is 1.44. The van der Waals surface area contributed by atoms with Crippen LogP contribution in [0.5, 0.6) is 0 Å². The van der Waals surface area contributed by atoms with Gasteiger partial charge in [-0.3, -0.25) is 0 Å². The van der Waals surface area contributed by atoms with Gasteiger partial charge in [-0.2, -0.15) is 0 Å². The molecule has 0 aliphatic carbocycles. The van der Waals surface area contributed by atoms with Gasteiger partial charge < -0.3 is 14.5 Å². The minimum Gasteiger partial charge on any atom is -0.453 e. The quantitative estimate of drug-likeness (QED) is 0.621. The molecule has 2 N–H and O–H groups in total. The molecule has 2 aromatic carbocycles. The molecule has 0 spiro atoms. The highest BCUT2D eigenvalue weighted by Crippen LogP contribution is 2.29. The van der Waals surface area contributed by atoms with Crippen molar-refractivity contribution in [2.75, 3.05) is 0 Å². The van der Waals surface area contributed by atoms with Crippen LogP contribution in [0, 0.1) is 5.82 Å². The van der Waals surface area contributed by atoms with Crippen molar-refractivity contribution in [2.45, 2.75) is 0 Å². The Kier molecular flexibility index (Phi) is 2.17. The van der Waals surface area contributed by atoms with E-state index in [4.69, 9.17) is 4.42 Å². The molecule has 17 heavy (non-hydrogen) atoms. The normalized spacial score (nSPS) is 11.2. The maximum absolute atomic E-state index is 13.5. The van der Waals surface area contributed by atoms with Crippen LogP contribution in [0.1, 0.15) is 0 Å². The van der Waals surface area contributed by atoms with Crippen LogP contribution in [0.15, 0.2) is 40.8 Å². The van der Waals surface area contributed by atoms with E-state index < -0.39 is 12.9 Å². The molecule has 0 aliphatic heterocycles. The van der Waals surface area contributed by atoms with Gasteiger partial charge in [-0.15, -0.1) is 0 Å². The number of fused-ring (bicyclic) bond motifs is 3. The van der Waals surface area contributed by atoms with Crippen molar-refractivity contribution in [3.8, 4) is 0 Å². The second-order valence-electron chi connectivity index (χ2n) is 3.82. The van der Waals surface area contributed by atoms with Crippen LogP contribution in [0.2, 0.25) is 0 Å². The van der Waals surface area contributed by atoms with Crippen LogP contribution in [0.4, 0.5) is 4.39 Å². The molecule has 0 bridgehead atoms. The summed E-state index contributed by atoms with van der Waals surface area (Å²) in [5, 5.41) is 19.7. The zero-order valence-corrected chi connectivity index (χ0v) is 8.72. The Morgan fingerprint density at radius 2 is 1.59 bits per heavy atom. The molecule has 3 rings (SSSR count). The van der Waals surface area contributed by atoms with Crippen LogP contribution in [-0.4, -0.2) is 17.2 Å². The summed E-state index contributed by atoms with van der Waals surface area (Å²) in [5.41, 5.74) is 0.677. The number of para-hydroxylation sites is 2. The van der Waals surface area contributed by atoms with Gasteiger partial charge >= 0.3 is 7.12 Å². The van der Waals surface area contributed by atoms with Gasteiger partial charge in [-0.05, 0) is 6.07 Å². The Morgan fingerprint density at radius 3 is 2.29 bits per heavy atom. The number of hydrogen-bond donors (Lipinski definition) is 2. The van der Waals surface area contributed by atoms with E-state index in [9.17, 15) is 14.4 Å². The standard InChI is InChI=1S/C12H8BFO3/c14-10-6-2-4-8-7-3-1-5-9(13(15)16)11(7)17-12(8)10/h1-6,15-16H. The maximum Gasteiger partial charge on any atom is 0.492 e. The van der Waals surface area contributed by atoms with E-state index in [1.807, 2.05) is 0 Å². The fourth-order valence-corrected chi connectivity index (χ4v) is 2.01. The monoisotopic (exact) mass is 230 g/mol. The van der Waals surface area contributed by atoms with Gasteiger partial charge in [-0.1, -0.05) is 30.3 Å². The zero-order chi connectivity index (χ0) is 12.0. The predicted octanol–water partition coefficient (Wildman–Crippen LogP) is 1.40. The molecule has 1 heterocycles. The summed E-state index contributed by atoms with van der Waals surface area (Å²) in [5.74, 6) is -0.461. The molecule has 0 fully saturated rings. The van der Waals surface area contributed by atoms with Gasteiger partial charge in [0.15, 0.2) is 11.4 Å². The molecule has 1 aromatic heterocycles. The predicted molar refractivity (Wildman–Crippen MR) is 63.5 cm³/mol. The Morgan fingerprint density at radius 1 is 0.941 bits per heavy atom. The Labute approximate surface area is 96.2 Å². The molecule has 0 radical (unpaired) electrons. The van der Waals surface area contributed by atoms with Gasteiger partial charge in [0.1, 0.15) is 5.58 Å². The number of benzene rings is 2. The molecular formula is C12H8BFO3. The highest BCUT2D eigenvalue weighted by molar-refractivity contribution is 6.61. The molecule has 0 amide bonds. The lowest BCUT2D eigenvalue weighted by Gasteiger charge is -1.98. The summed E-state index contributed by atoms with van der Waals surface area (Å²) >= 11 is 0. The molecule has 5 heteroatoms. The lowest BCUT2D eigenvalue weighted by atomic mass is 9.79. The molecule has 84 valence electrons. The van der Waals surface area contributed by atoms with Gasteiger partial charge in [0.25, 0.3) is 0 Å². The van der Waals surface area contributed by atoms with E-state index in [0.29, 0.717) is 16.4 Å². The Hall–Kier alpha value is -1.85. The molecule has 3 nitrogen and oxygen atoms in total. The Bertz CT molecular complexity index is 705. The van der Waals surface area contributed by atoms with Gasteiger partial charge in [-0.25, -0.2) is 4.39 Å². The molecule has 0 aliphatic rings. The average molecular weight is 230 g/mol.